The second-order valence-corrected chi connectivity index (χ2v) is 41.4. The van der Waals surface area contributed by atoms with Crippen molar-refractivity contribution in [3.05, 3.63) is 0 Å². The first-order chi connectivity index (χ1) is 23.4. The van der Waals surface area contributed by atoms with Crippen molar-refractivity contribution in [2.45, 2.75) is 152 Å². The lowest BCUT2D eigenvalue weighted by Gasteiger charge is -2.26. The molecule has 3 heterocycles. The number of aliphatic hydroxyl groups is 1. The van der Waals surface area contributed by atoms with Gasteiger partial charge in [0, 0.05) is 78.2 Å². The van der Waals surface area contributed by atoms with E-state index in [1.54, 1.807) is 0 Å². The van der Waals surface area contributed by atoms with Gasteiger partial charge < -0.3 is 40.2 Å². The highest BCUT2D eigenvalue weighted by Gasteiger charge is 2.26. The third-order valence-corrected chi connectivity index (χ3v) is 21.4. The third kappa shape index (κ3) is 31.0. The van der Waals surface area contributed by atoms with E-state index in [1.165, 1.54) is 94.5 Å². The number of nitrogens with two attached hydrogens (primary N) is 1. The van der Waals surface area contributed by atoms with Crippen molar-refractivity contribution in [2.75, 3.05) is 91.9 Å². The Balaban J connectivity index is 0.000000426. The van der Waals surface area contributed by atoms with Crippen LogP contribution in [-0.4, -0.2) is 151 Å². The Bertz CT molecular complexity index is 814. The summed E-state index contributed by atoms with van der Waals surface area (Å²) in [5.74, 6) is 0. The van der Waals surface area contributed by atoms with E-state index in [0.29, 0.717) is 19.3 Å². The van der Waals surface area contributed by atoms with Gasteiger partial charge in [-0.3, -0.25) is 0 Å². The fourth-order valence-corrected chi connectivity index (χ4v) is 20.5. The number of ether oxygens (including phenoxy) is 3. The molecule has 2 unspecified atom stereocenters. The molecule has 0 spiro atoms. The molecular formula is C38H88N4O4Si4. The van der Waals surface area contributed by atoms with E-state index < -0.39 is 32.3 Å². The van der Waals surface area contributed by atoms with Gasteiger partial charge in [-0.05, 0) is 64.7 Å². The average Bonchev–Trinajstić information content (AvgIpc) is 3.43. The Kier molecular flexibility index (Phi) is 25.6. The normalized spacial score (nSPS) is 19.6. The van der Waals surface area contributed by atoms with Gasteiger partial charge in [-0.1, -0.05) is 102 Å². The van der Waals surface area contributed by atoms with Crippen LogP contribution in [0.3, 0.4) is 0 Å². The summed E-state index contributed by atoms with van der Waals surface area (Å²) in [5, 5.41) is 13.3. The molecule has 2 atom stereocenters. The van der Waals surface area contributed by atoms with Crippen LogP contribution in [0.2, 0.25) is 102 Å². The van der Waals surface area contributed by atoms with Crippen molar-refractivity contribution >= 4 is 32.3 Å². The van der Waals surface area contributed by atoms with E-state index in [4.69, 9.17) is 19.9 Å². The summed E-state index contributed by atoms with van der Waals surface area (Å²) in [6, 6.07) is 8.71. The van der Waals surface area contributed by atoms with Gasteiger partial charge in [-0.2, -0.15) is 0 Å². The van der Waals surface area contributed by atoms with Crippen molar-refractivity contribution in [1.29, 1.82) is 0 Å². The number of epoxide rings is 1. The summed E-state index contributed by atoms with van der Waals surface area (Å²) in [6.45, 7) is 38.6. The standard InChI is InChI=1S/C19H44N2O2Si2.C13H30O2Si2.C6H14N2/c1-24(2,3)15-16-25(4,5)14-8-13-23-18-19(22)17-20-9-12-21-10-6-7-11-21;1-16(2,3)9-10-17(4,5)8-6-7-14-11-13-12-15-13;7-3-6-8-4-1-2-5-8/h19-20,22H,6-18H2,1-5H3;13H,6-12H2,1-5H3;1-7H2. The van der Waals surface area contributed by atoms with E-state index in [-0.39, 0.29) is 6.10 Å². The maximum Gasteiger partial charge on any atom is 0.104 e. The molecule has 0 amide bonds. The van der Waals surface area contributed by atoms with Gasteiger partial charge in [0.1, 0.15) is 6.10 Å². The molecule has 3 aliphatic rings. The summed E-state index contributed by atoms with van der Waals surface area (Å²) in [6.07, 6.45) is 7.88. The van der Waals surface area contributed by atoms with Gasteiger partial charge in [0.2, 0.25) is 0 Å². The number of rotatable bonds is 25. The van der Waals surface area contributed by atoms with Crippen LogP contribution in [0.1, 0.15) is 38.5 Å². The van der Waals surface area contributed by atoms with Gasteiger partial charge >= 0.3 is 0 Å². The second kappa shape index (κ2) is 26.4. The summed E-state index contributed by atoms with van der Waals surface area (Å²) < 4.78 is 16.4. The molecule has 0 saturated carbocycles. The fraction of sp³-hybridized carbons (Fsp3) is 1.00. The smallest absolute Gasteiger partial charge is 0.104 e. The molecule has 0 bridgehead atoms. The number of aliphatic hydroxyl groups excluding tert-OH is 1. The molecule has 0 radical (unpaired) electrons. The van der Waals surface area contributed by atoms with Gasteiger partial charge in [0.05, 0.1) is 25.9 Å². The van der Waals surface area contributed by atoms with Crippen LogP contribution in [-0.2, 0) is 14.2 Å². The molecule has 12 heteroatoms. The minimum atomic E-state index is -1.05. The molecule has 3 rings (SSSR count). The van der Waals surface area contributed by atoms with Gasteiger partial charge in [-0.15, -0.1) is 0 Å². The molecular weight excluding hydrogens is 689 g/mol. The first kappa shape index (κ1) is 48.6. The Morgan fingerprint density at radius 2 is 1.16 bits per heavy atom. The lowest BCUT2D eigenvalue weighted by atomic mass is 10.3. The Morgan fingerprint density at radius 3 is 1.60 bits per heavy atom. The maximum absolute atomic E-state index is 9.99. The lowest BCUT2D eigenvalue weighted by molar-refractivity contribution is 0.0371. The molecule has 3 saturated heterocycles. The quantitative estimate of drug-likeness (QED) is 0.0503. The molecule has 4 N–H and O–H groups in total. The monoisotopic (exact) mass is 777 g/mol. The molecule has 8 nitrogen and oxygen atoms in total. The van der Waals surface area contributed by atoms with E-state index in [0.717, 1.165) is 59.0 Å². The predicted octanol–water partition coefficient (Wildman–Crippen LogP) is 7.37. The molecule has 300 valence electrons. The van der Waals surface area contributed by atoms with Crippen molar-refractivity contribution < 1.29 is 19.3 Å². The van der Waals surface area contributed by atoms with E-state index in [1.807, 2.05) is 0 Å². The van der Waals surface area contributed by atoms with Crippen molar-refractivity contribution in [3.63, 3.8) is 0 Å². The van der Waals surface area contributed by atoms with Crippen LogP contribution in [0, 0.1) is 0 Å². The highest BCUT2D eigenvalue weighted by atomic mass is 28.3. The van der Waals surface area contributed by atoms with Crippen LogP contribution < -0.4 is 11.1 Å². The molecule has 3 aliphatic heterocycles. The number of hydrogen-bond donors (Lipinski definition) is 3. The Morgan fingerprint density at radius 1 is 0.700 bits per heavy atom. The summed E-state index contributed by atoms with van der Waals surface area (Å²) >= 11 is 0. The van der Waals surface area contributed by atoms with Crippen molar-refractivity contribution in [3.8, 4) is 0 Å². The number of likely N-dealkylation sites (tertiary alicyclic amines) is 2. The summed E-state index contributed by atoms with van der Waals surface area (Å²) in [5.41, 5.74) is 5.37. The van der Waals surface area contributed by atoms with Crippen LogP contribution in [0.25, 0.3) is 0 Å². The highest BCUT2D eigenvalue weighted by molar-refractivity contribution is 6.82. The molecule has 0 aromatic carbocycles. The topological polar surface area (TPSA) is 95.8 Å². The molecule has 3 fully saturated rings. The van der Waals surface area contributed by atoms with Crippen LogP contribution in [0.15, 0.2) is 0 Å². The summed E-state index contributed by atoms with van der Waals surface area (Å²) in [4.78, 5) is 4.91. The highest BCUT2D eigenvalue weighted by Crippen LogP contribution is 2.25. The van der Waals surface area contributed by atoms with Gasteiger partial charge in [0.15, 0.2) is 0 Å². The third-order valence-electron chi connectivity index (χ3n) is 10.2. The van der Waals surface area contributed by atoms with Crippen molar-refractivity contribution in [1.82, 2.24) is 15.1 Å². The van der Waals surface area contributed by atoms with E-state index in [2.05, 4.69) is 80.6 Å². The minimum absolute atomic E-state index is 0.379. The molecule has 0 aliphatic carbocycles. The van der Waals surface area contributed by atoms with Gasteiger partial charge in [-0.25, -0.2) is 0 Å². The van der Waals surface area contributed by atoms with E-state index >= 15 is 0 Å². The number of nitrogens with zero attached hydrogens (tertiary/aromatic N) is 2. The average molecular weight is 777 g/mol. The lowest BCUT2D eigenvalue weighted by Crippen LogP contribution is -2.36. The number of nitrogens with one attached hydrogen (secondary N) is 1. The first-order valence-electron chi connectivity index (χ1n) is 20.7. The van der Waals surface area contributed by atoms with Crippen LogP contribution in [0.4, 0.5) is 0 Å². The largest absolute Gasteiger partial charge is 0.389 e. The second-order valence-electron chi connectivity index (χ2n) is 19.5. The molecule has 0 aromatic heterocycles. The molecule has 0 aromatic rings. The Labute approximate surface area is 315 Å². The summed E-state index contributed by atoms with van der Waals surface area (Å²) in [7, 11) is -3.75. The SMILES string of the molecule is C[Si](C)(C)CC[Si](C)(C)CCCOCC(O)CNCCN1CCCC1.C[Si](C)(C)CC[Si](C)(C)CCCOCC1CO1.NCCN1CCCC1. The van der Waals surface area contributed by atoms with Crippen molar-refractivity contribution in [2.24, 2.45) is 5.73 Å². The van der Waals surface area contributed by atoms with Crippen LogP contribution in [0.5, 0.6) is 0 Å². The zero-order valence-corrected chi connectivity index (χ0v) is 39.2. The molecule has 50 heavy (non-hydrogen) atoms. The van der Waals surface area contributed by atoms with E-state index in [9.17, 15) is 5.11 Å². The minimum Gasteiger partial charge on any atom is -0.389 e. The van der Waals surface area contributed by atoms with Crippen LogP contribution >= 0.6 is 0 Å². The number of hydrogen-bond acceptors (Lipinski definition) is 8. The van der Waals surface area contributed by atoms with Gasteiger partial charge in [0.25, 0.3) is 0 Å². The zero-order valence-electron chi connectivity index (χ0n) is 35.2. The fourth-order valence-electron chi connectivity index (χ4n) is 6.34. The predicted molar refractivity (Wildman–Crippen MR) is 230 cm³/mol. The zero-order chi connectivity index (χ0) is 37.5. The Hall–Kier alpha value is 0.548. The maximum atomic E-state index is 9.99. The first-order valence-corrected chi connectivity index (χ1v) is 34.9.